The number of nitrogens with zero attached hydrogens (tertiary/aromatic N) is 1. The van der Waals surface area contributed by atoms with Crippen molar-refractivity contribution in [2.75, 3.05) is 38.1 Å². The predicted octanol–water partition coefficient (Wildman–Crippen LogP) is 0.907. The molecule has 0 aliphatic carbocycles. The van der Waals surface area contributed by atoms with Crippen molar-refractivity contribution in [1.29, 1.82) is 0 Å². The maximum Gasteiger partial charge on any atom is 0.251 e. The summed E-state index contributed by atoms with van der Waals surface area (Å²) in [5, 5.41) is 8.80. The summed E-state index contributed by atoms with van der Waals surface area (Å²) in [4.78, 5) is 25.9. The lowest BCUT2D eigenvalue weighted by atomic mass is 10.1. The minimum absolute atomic E-state index is 0.0449. The molecule has 0 aromatic heterocycles. The molecule has 1 aliphatic heterocycles. The zero-order chi connectivity index (χ0) is 17.4. The van der Waals surface area contributed by atoms with Crippen molar-refractivity contribution >= 4 is 17.5 Å². The molecule has 3 N–H and O–H groups in total. The molecule has 0 spiro atoms. The first kappa shape index (κ1) is 18.0. The molecule has 6 heteroatoms. The van der Waals surface area contributed by atoms with Crippen LogP contribution >= 0.6 is 0 Å². The smallest absolute Gasteiger partial charge is 0.251 e. The summed E-state index contributed by atoms with van der Waals surface area (Å²) >= 11 is 0. The second-order valence-corrected chi connectivity index (χ2v) is 5.81. The van der Waals surface area contributed by atoms with Crippen molar-refractivity contribution in [3.63, 3.8) is 0 Å². The first-order chi connectivity index (χ1) is 11.6. The van der Waals surface area contributed by atoms with Gasteiger partial charge in [-0.15, -0.1) is 6.58 Å². The van der Waals surface area contributed by atoms with Gasteiger partial charge in [0.2, 0.25) is 5.91 Å². The van der Waals surface area contributed by atoms with E-state index >= 15 is 0 Å². The number of amides is 2. The van der Waals surface area contributed by atoms with Crippen LogP contribution in [-0.2, 0) is 4.79 Å². The Morgan fingerprint density at radius 1 is 1.29 bits per heavy atom. The number of nitrogens with one attached hydrogen (secondary N) is 3. The van der Waals surface area contributed by atoms with E-state index in [1.807, 2.05) is 24.3 Å². The fourth-order valence-electron chi connectivity index (χ4n) is 2.66. The number of carbonyl (C=O) groups is 2. The van der Waals surface area contributed by atoms with Gasteiger partial charge in [-0.2, -0.15) is 0 Å². The van der Waals surface area contributed by atoms with Gasteiger partial charge in [-0.3, -0.25) is 9.59 Å². The number of piperazine rings is 1. The van der Waals surface area contributed by atoms with Crippen molar-refractivity contribution in [3.05, 3.63) is 42.5 Å². The van der Waals surface area contributed by atoms with E-state index in [4.69, 9.17) is 0 Å². The highest BCUT2D eigenvalue weighted by Crippen LogP contribution is 2.16. The first-order valence-electron chi connectivity index (χ1n) is 8.33. The van der Waals surface area contributed by atoms with E-state index < -0.39 is 0 Å². The van der Waals surface area contributed by atoms with Crippen LogP contribution in [0.3, 0.4) is 0 Å². The van der Waals surface area contributed by atoms with E-state index in [1.54, 1.807) is 13.1 Å². The summed E-state index contributed by atoms with van der Waals surface area (Å²) in [5.74, 6) is -0.194. The van der Waals surface area contributed by atoms with E-state index in [0.29, 0.717) is 18.4 Å². The van der Waals surface area contributed by atoms with Gasteiger partial charge in [0.15, 0.2) is 0 Å². The Bertz CT molecular complexity index is 565. The molecule has 1 aromatic rings. The number of rotatable bonds is 7. The Labute approximate surface area is 143 Å². The van der Waals surface area contributed by atoms with Crippen molar-refractivity contribution in [1.82, 2.24) is 16.0 Å². The predicted molar refractivity (Wildman–Crippen MR) is 96.3 cm³/mol. The fourth-order valence-corrected chi connectivity index (χ4v) is 2.66. The molecule has 1 atom stereocenters. The van der Waals surface area contributed by atoms with Gasteiger partial charge in [0, 0.05) is 56.9 Å². The zero-order valence-electron chi connectivity index (χ0n) is 14.2. The monoisotopic (exact) mass is 330 g/mol. The quantitative estimate of drug-likeness (QED) is 0.650. The van der Waals surface area contributed by atoms with E-state index in [-0.39, 0.29) is 17.9 Å². The molecule has 1 aliphatic rings. The molecule has 2 amide bonds. The number of hydrogen-bond acceptors (Lipinski definition) is 4. The van der Waals surface area contributed by atoms with Crippen molar-refractivity contribution < 1.29 is 9.59 Å². The van der Waals surface area contributed by atoms with Crippen LogP contribution in [0.25, 0.3) is 0 Å². The SMILES string of the molecule is C=CC(CCC(=O)NC)NC(=O)c1ccc(N2CCNCC2)cc1. The Morgan fingerprint density at radius 3 is 2.54 bits per heavy atom. The van der Waals surface area contributed by atoms with Gasteiger partial charge in [-0.25, -0.2) is 0 Å². The maximum absolute atomic E-state index is 12.3. The van der Waals surface area contributed by atoms with E-state index in [0.717, 1.165) is 31.9 Å². The third-order valence-corrected chi connectivity index (χ3v) is 4.17. The van der Waals surface area contributed by atoms with Gasteiger partial charge in [0.1, 0.15) is 0 Å². The minimum atomic E-state index is -0.220. The van der Waals surface area contributed by atoms with E-state index in [9.17, 15) is 9.59 Å². The zero-order valence-corrected chi connectivity index (χ0v) is 14.2. The summed E-state index contributed by atoms with van der Waals surface area (Å²) in [6.45, 7) is 7.64. The van der Waals surface area contributed by atoms with Crippen LogP contribution in [0.2, 0.25) is 0 Å². The number of benzene rings is 1. The van der Waals surface area contributed by atoms with Gasteiger partial charge in [-0.05, 0) is 30.7 Å². The average molecular weight is 330 g/mol. The highest BCUT2D eigenvalue weighted by Gasteiger charge is 2.14. The molecule has 24 heavy (non-hydrogen) atoms. The molecule has 6 nitrogen and oxygen atoms in total. The van der Waals surface area contributed by atoms with Crippen LogP contribution in [0, 0.1) is 0 Å². The average Bonchev–Trinajstić information content (AvgIpc) is 2.65. The summed E-state index contributed by atoms with van der Waals surface area (Å²) in [5.41, 5.74) is 1.74. The van der Waals surface area contributed by atoms with Crippen LogP contribution in [-0.4, -0.2) is 51.1 Å². The van der Waals surface area contributed by atoms with E-state index in [1.165, 1.54) is 0 Å². The standard InChI is InChI=1S/C18H26N4O2/c1-3-15(6-9-17(23)19-2)21-18(24)14-4-7-16(8-5-14)22-12-10-20-11-13-22/h3-5,7-8,15,20H,1,6,9-13H2,2H3,(H,19,23)(H,21,24). The lowest BCUT2D eigenvalue weighted by Gasteiger charge is -2.29. The topological polar surface area (TPSA) is 73.5 Å². The molecule has 1 aromatic carbocycles. The van der Waals surface area contributed by atoms with Gasteiger partial charge in [0.05, 0.1) is 0 Å². The van der Waals surface area contributed by atoms with Gasteiger partial charge in [0.25, 0.3) is 5.91 Å². The van der Waals surface area contributed by atoms with Crippen LogP contribution in [0.15, 0.2) is 36.9 Å². The maximum atomic E-state index is 12.3. The Morgan fingerprint density at radius 2 is 1.96 bits per heavy atom. The molecular formula is C18H26N4O2. The van der Waals surface area contributed by atoms with Gasteiger partial charge >= 0.3 is 0 Å². The second kappa shape index (κ2) is 9.08. The molecule has 1 heterocycles. The normalized spacial score (nSPS) is 15.5. The summed E-state index contributed by atoms with van der Waals surface area (Å²) in [6.07, 6.45) is 2.55. The summed E-state index contributed by atoms with van der Waals surface area (Å²) in [6, 6.07) is 7.42. The molecule has 0 bridgehead atoms. The van der Waals surface area contributed by atoms with Crippen molar-refractivity contribution in [2.45, 2.75) is 18.9 Å². The van der Waals surface area contributed by atoms with E-state index in [2.05, 4.69) is 27.4 Å². The number of anilines is 1. The summed E-state index contributed by atoms with van der Waals surface area (Å²) in [7, 11) is 1.60. The molecule has 0 radical (unpaired) electrons. The Balaban J connectivity index is 1.91. The Kier molecular flexibility index (Phi) is 6.81. The second-order valence-electron chi connectivity index (χ2n) is 5.81. The molecule has 2 rings (SSSR count). The molecule has 1 saturated heterocycles. The molecule has 1 fully saturated rings. The van der Waals surface area contributed by atoms with Crippen molar-refractivity contribution in [2.24, 2.45) is 0 Å². The fraction of sp³-hybridized carbons (Fsp3) is 0.444. The highest BCUT2D eigenvalue weighted by molar-refractivity contribution is 5.94. The lowest BCUT2D eigenvalue weighted by Crippen LogP contribution is -2.43. The van der Waals surface area contributed by atoms with Gasteiger partial charge < -0.3 is 20.9 Å². The number of carbonyl (C=O) groups excluding carboxylic acids is 2. The van der Waals surface area contributed by atoms with Crippen LogP contribution < -0.4 is 20.9 Å². The molecule has 0 saturated carbocycles. The molecule has 1 unspecified atom stereocenters. The minimum Gasteiger partial charge on any atom is -0.369 e. The largest absolute Gasteiger partial charge is 0.369 e. The summed E-state index contributed by atoms with van der Waals surface area (Å²) < 4.78 is 0. The highest BCUT2D eigenvalue weighted by atomic mass is 16.2. The third kappa shape index (κ3) is 5.09. The first-order valence-corrected chi connectivity index (χ1v) is 8.33. The van der Waals surface area contributed by atoms with Gasteiger partial charge in [-0.1, -0.05) is 6.08 Å². The number of hydrogen-bond donors (Lipinski definition) is 3. The van der Waals surface area contributed by atoms with Crippen molar-refractivity contribution in [3.8, 4) is 0 Å². The van der Waals surface area contributed by atoms with Crippen LogP contribution in [0.4, 0.5) is 5.69 Å². The molecule has 130 valence electrons. The van der Waals surface area contributed by atoms with Crippen LogP contribution in [0.5, 0.6) is 0 Å². The Hall–Kier alpha value is -2.34. The van der Waals surface area contributed by atoms with Crippen LogP contribution in [0.1, 0.15) is 23.2 Å². The lowest BCUT2D eigenvalue weighted by molar-refractivity contribution is -0.120. The molecular weight excluding hydrogens is 304 g/mol. The third-order valence-electron chi connectivity index (χ3n) is 4.17.